The van der Waals surface area contributed by atoms with E-state index >= 15 is 0 Å². The molecular weight excluding hydrogens is 341 g/mol. The van der Waals surface area contributed by atoms with Crippen molar-refractivity contribution in [1.29, 1.82) is 0 Å². The fourth-order valence-corrected chi connectivity index (χ4v) is 2.70. The van der Waals surface area contributed by atoms with E-state index in [1.807, 2.05) is 0 Å². The lowest BCUT2D eigenvalue weighted by Gasteiger charge is -2.06. The number of carbonyl (C=O) groups excluding carboxylic acids is 1. The number of nitrogens with zero attached hydrogens (tertiary/aromatic N) is 3. The van der Waals surface area contributed by atoms with Crippen molar-refractivity contribution in [2.45, 2.75) is 6.92 Å². The minimum absolute atomic E-state index is 0.0411. The number of aromatic hydroxyl groups is 1. The van der Waals surface area contributed by atoms with Crippen molar-refractivity contribution in [3.63, 3.8) is 0 Å². The smallest absolute Gasteiger partial charge is 0.343 e. The fraction of sp³-hybridized carbons (Fsp3) is 0.133. The van der Waals surface area contributed by atoms with Gasteiger partial charge in [0.15, 0.2) is 11.4 Å². The number of halogens is 2. The Bertz CT molecular complexity index is 888. The van der Waals surface area contributed by atoms with Gasteiger partial charge in [-0.05, 0) is 25.1 Å². The minimum atomic E-state index is -0.657. The Balaban J connectivity index is 2.15. The van der Waals surface area contributed by atoms with Crippen LogP contribution in [0.3, 0.4) is 0 Å². The van der Waals surface area contributed by atoms with Crippen LogP contribution in [0.15, 0.2) is 30.6 Å². The van der Waals surface area contributed by atoms with Gasteiger partial charge in [0.2, 0.25) is 0 Å². The Morgan fingerprint density at radius 2 is 1.96 bits per heavy atom. The second-order valence-corrected chi connectivity index (χ2v) is 5.54. The van der Waals surface area contributed by atoms with Gasteiger partial charge in [0.05, 0.1) is 24.7 Å². The molecule has 23 heavy (non-hydrogen) atoms. The Labute approximate surface area is 141 Å². The average molecular weight is 352 g/mol. The fourth-order valence-electron chi connectivity index (χ4n) is 2.18. The summed E-state index contributed by atoms with van der Waals surface area (Å²) in [7, 11) is 0. The molecule has 0 spiro atoms. The van der Waals surface area contributed by atoms with Crippen LogP contribution >= 0.6 is 23.2 Å². The van der Waals surface area contributed by atoms with E-state index < -0.39 is 5.97 Å². The zero-order valence-corrected chi connectivity index (χ0v) is 13.5. The second-order valence-electron chi connectivity index (χ2n) is 4.66. The van der Waals surface area contributed by atoms with E-state index in [1.165, 1.54) is 16.9 Å². The van der Waals surface area contributed by atoms with E-state index in [9.17, 15) is 9.90 Å². The topological polar surface area (TPSA) is 76.7 Å². The molecule has 1 aromatic carbocycles. The summed E-state index contributed by atoms with van der Waals surface area (Å²) >= 11 is 12.0. The zero-order chi connectivity index (χ0) is 16.6. The first-order chi connectivity index (χ1) is 11.0. The van der Waals surface area contributed by atoms with Gasteiger partial charge in [-0.3, -0.25) is 0 Å². The maximum absolute atomic E-state index is 11.8. The summed E-state index contributed by atoms with van der Waals surface area (Å²) in [5.41, 5.74) is 1.36. The van der Waals surface area contributed by atoms with Crippen molar-refractivity contribution in [1.82, 2.24) is 14.6 Å². The first-order valence-electron chi connectivity index (χ1n) is 6.70. The molecule has 0 saturated carbocycles. The van der Waals surface area contributed by atoms with E-state index in [-0.39, 0.29) is 23.6 Å². The lowest BCUT2D eigenvalue weighted by molar-refractivity contribution is 0.0522. The maximum atomic E-state index is 11.8. The number of rotatable bonds is 3. The molecule has 2 aromatic heterocycles. The van der Waals surface area contributed by atoms with Crippen molar-refractivity contribution in [3.8, 4) is 17.0 Å². The number of benzene rings is 1. The van der Waals surface area contributed by atoms with E-state index in [4.69, 9.17) is 27.9 Å². The number of hydrogen-bond acceptors (Lipinski definition) is 5. The number of esters is 1. The molecule has 3 aromatic rings. The van der Waals surface area contributed by atoms with Gasteiger partial charge in [-0.25, -0.2) is 14.3 Å². The molecule has 0 radical (unpaired) electrons. The zero-order valence-electron chi connectivity index (χ0n) is 12.0. The quantitative estimate of drug-likeness (QED) is 0.729. The third-order valence-electron chi connectivity index (χ3n) is 3.16. The highest BCUT2D eigenvalue weighted by Crippen LogP contribution is 2.30. The van der Waals surface area contributed by atoms with Gasteiger partial charge in [-0.15, -0.1) is 0 Å². The van der Waals surface area contributed by atoms with E-state index in [0.717, 1.165) is 0 Å². The van der Waals surface area contributed by atoms with Crippen LogP contribution in [0.5, 0.6) is 5.75 Å². The van der Waals surface area contributed by atoms with E-state index in [0.29, 0.717) is 21.3 Å². The molecule has 0 aliphatic heterocycles. The summed E-state index contributed by atoms with van der Waals surface area (Å²) in [5, 5.41) is 15.3. The number of hydrogen-bond donors (Lipinski definition) is 1. The Morgan fingerprint density at radius 1 is 1.26 bits per heavy atom. The van der Waals surface area contributed by atoms with Crippen LogP contribution in [-0.4, -0.2) is 32.3 Å². The van der Waals surface area contributed by atoms with Gasteiger partial charge in [-0.1, -0.05) is 23.2 Å². The number of aromatic nitrogens is 3. The van der Waals surface area contributed by atoms with Gasteiger partial charge in [-0.2, -0.15) is 5.10 Å². The number of carbonyl (C=O) groups is 1. The molecule has 0 amide bonds. The molecular formula is C15H11Cl2N3O3. The van der Waals surface area contributed by atoms with Gasteiger partial charge in [0.1, 0.15) is 5.56 Å². The Kier molecular flexibility index (Phi) is 4.11. The first kappa shape index (κ1) is 15.6. The highest BCUT2D eigenvalue weighted by atomic mass is 35.5. The molecule has 0 atom stereocenters. The predicted molar refractivity (Wildman–Crippen MR) is 86.1 cm³/mol. The molecule has 8 heteroatoms. The third kappa shape index (κ3) is 2.83. The molecule has 0 unspecified atom stereocenters. The third-order valence-corrected chi connectivity index (χ3v) is 3.60. The lowest BCUT2D eigenvalue weighted by atomic mass is 10.2. The minimum Gasteiger partial charge on any atom is -0.504 e. The van der Waals surface area contributed by atoms with Gasteiger partial charge in [0.25, 0.3) is 0 Å². The van der Waals surface area contributed by atoms with Gasteiger partial charge in [0, 0.05) is 15.6 Å². The molecule has 1 N–H and O–H groups in total. The molecule has 3 rings (SSSR count). The largest absolute Gasteiger partial charge is 0.504 e. The van der Waals surface area contributed by atoms with Crippen LogP contribution < -0.4 is 0 Å². The summed E-state index contributed by atoms with van der Waals surface area (Å²) < 4.78 is 6.27. The Hall–Kier alpha value is -2.31. The molecule has 118 valence electrons. The van der Waals surface area contributed by atoms with Crippen molar-refractivity contribution in [2.75, 3.05) is 6.61 Å². The second kappa shape index (κ2) is 6.06. The summed E-state index contributed by atoms with van der Waals surface area (Å²) in [4.78, 5) is 15.9. The molecule has 0 bridgehead atoms. The van der Waals surface area contributed by atoms with Crippen molar-refractivity contribution in [3.05, 3.63) is 46.2 Å². The van der Waals surface area contributed by atoms with Crippen LogP contribution in [0.2, 0.25) is 10.0 Å². The number of ether oxygens (including phenoxy) is 1. The van der Waals surface area contributed by atoms with Crippen molar-refractivity contribution < 1.29 is 14.6 Å². The van der Waals surface area contributed by atoms with E-state index in [2.05, 4.69) is 10.1 Å². The van der Waals surface area contributed by atoms with E-state index in [1.54, 1.807) is 25.1 Å². The predicted octanol–water partition coefficient (Wildman–Crippen LogP) is 3.59. The molecule has 0 aliphatic rings. The number of fused-ring (bicyclic) bond motifs is 1. The van der Waals surface area contributed by atoms with Crippen LogP contribution in [0.4, 0.5) is 0 Å². The first-order valence-corrected chi connectivity index (χ1v) is 7.46. The Morgan fingerprint density at radius 3 is 2.61 bits per heavy atom. The van der Waals surface area contributed by atoms with Crippen molar-refractivity contribution in [2.24, 2.45) is 0 Å². The summed E-state index contributed by atoms with van der Waals surface area (Å²) in [5.74, 6) is -0.951. The highest BCUT2D eigenvalue weighted by molar-refractivity contribution is 6.35. The van der Waals surface area contributed by atoms with Crippen LogP contribution in [-0.2, 0) is 4.74 Å². The maximum Gasteiger partial charge on any atom is 0.343 e. The highest BCUT2D eigenvalue weighted by Gasteiger charge is 2.19. The lowest BCUT2D eigenvalue weighted by Crippen LogP contribution is -2.07. The SMILES string of the molecule is CCOC(=O)c1cnn2c(-c3cc(Cl)cc(Cl)c3)cnc2c1O. The van der Waals surface area contributed by atoms with Crippen molar-refractivity contribution >= 4 is 34.8 Å². The van der Waals surface area contributed by atoms with Crippen LogP contribution in [0, 0.1) is 0 Å². The molecule has 6 nitrogen and oxygen atoms in total. The van der Waals surface area contributed by atoms with Gasteiger partial charge < -0.3 is 9.84 Å². The molecule has 0 saturated heterocycles. The molecule has 2 heterocycles. The monoisotopic (exact) mass is 351 g/mol. The summed E-state index contributed by atoms with van der Waals surface area (Å²) in [6.45, 7) is 1.88. The normalized spacial score (nSPS) is 10.9. The average Bonchev–Trinajstić information content (AvgIpc) is 2.91. The summed E-state index contributed by atoms with van der Waals surface area (Å²) in [6, 6.07) is 5.02. The number of imidazole rings is 1. The molecule has 0 fully saturated rings. The molecule has 0 aliphatic carbocycles. The van der Waals surface area contributed by atoms with Gasteiger partial charge >= 0.3 is 5.97 Å². The standard InChI is InChI=1S/C15H11Cl2N3O3/c1-2-23-15(22)11-6-19-20-12(7-18-14(20)13(11)21)8-3-9(16)5-10(17)4-8/h3-7,21H,2H2,1H3. The van der Waals surface area contributed by atoms with Crippen LogP contribution in [0.25, 0.3) is 16.9 Å². The van der Waals surface area contributed by atoms with Crippen LogP contribution in [0.1, 0.15) is 17.3 Å². The summed E-state index contributed by atoms with van der Waals surface area (Å²) in [6.07, 6.45) is 2.75.